The molecule has 0 aliphatic heterocycles. The number of nitrogens with zero attached hydrogens (tertiary/aromatic N) is 4. The van der Waals surface area contributed by atoms with Gasteiger partial charge in [-0.3, -0.25) is 19.1 Å². The number of carbonyl (C=O) groups excluding carboxylic acids is 1. The highest BCUT2D eigenvalue weighted by Crippen LogP contribution is 2.25. The molecule has 0 saturated heterocycles. The molecule has 1 fully saturated rings. The van der Waals surface area contributed by atoms with Crippen molar-refractivity contribution in [3.05, 3.63) is 46.5 Å². The van der Waals surface area contributed by atoms with Crippen LogP contribution in [0.15, 0.2) is 35.4 Å². The highest BCUT2D eigenvalue weighted by molar-refractivity contribution is 5.96. The van der Waals surface area contributed by atoms with E-state index < -0.39 is 11.5 Å². The Balaban J connectivity index is 1.93. The molecular formula is C19H21N5O3. The van der Waals surface area contributed by atoms with Crippen molar-refractivity contribution in [3.63, 3.8) is 0 Å². The lowest BCUT2D eigenvalue weighted by Crippen LogP contribution is -2.34. The van der Waals surface area contributed by atoms with Crippen molar-refractivity contribution >= 4 is 11.6 Å². The number of hydrogen-bond donors (Lipinski definition) is 2. The molecule has 2 N–H and O–H groups in total. The van der Waals surface area contributed by atoms with Crippen molar-refractivity contribution in [2.75, 3.05) is 0 Å². The molecule has 0 aromatic carbocycles. The van der Waals surface area contributed by atoms with Crippen LogP contribution in [-0.2, 0) is 6.54 Å². The number of nitrogens with one attached hydrogen (secondary N) is 1. The van der Waals surface area contributed by atoms with E-state index in [0.717, 1.165) is 18.4 Å². The molecular weight excluding hydrogens is 346 g/mol. The Morgan fingerprint density at radius 1 is 1.41 bits per heavy atom. The lowest BCUT2D eigenvalue weighted by atomic mass is 10.2. The molecule has 0 spiro atoms. The molecule has 0 unspecified atom stereocenters. The van der Waals surface area contributed by atoms with Gasteiger partial charge in [-0.1, -0.05) is 13.8 Å². The van der Waals surface area contributed by atoms with Crippen LogP contribution >= 0.6 is 0 Å². The Labute approximate surface area is 155 Å². The first-order chi connectivity index (χ1) is 13.0. The fourth-order valence-corrected chi connectivity index (χ4v) is 3.04. The fraction of sp³-hybridized carbons (Fsp3) is 0.368. The summed E-state index contributed by atoms with van der Waals surface area (Å²) in [5.41, 5.74) is 0.844. The molecule has 1 saturated carbocycles. The molecule has 3 aromatic heterocycles. The Bertz CT molecular complexity index is 1060. The second kappa shape index (κ2) is 6.53. The van der Waals surface area contributed by atoms with E-state index in [1.165, 1.54) is 4.52 Å². The first-order valence-electron chi connectivity index (χ1n) is 9.02. The molecule has 4 rings (SSSR count). The number of hydrogen-bond acceptors (Lipinski definition) is 5. The molecule has 27 heavy (non-hydrogen) atoms. The summed E-state index contributed by atoms with van der Waals surface area (Å²) in [6, 6.07) is 5.43. The number of aromatic nitrogens is 4. The average molecular weight is 367 g/mol. The standard InChI is InChI=1S/C19H21N5O3/c1-11(2)10-23-15-8-14(12-4-3-7-20-9-12)22-24(15)19(27)16(18(23)26)17(25)21-13-5-6-13/h3-4,7-9,11,13,26H,5-6,10H2,1-2H3,(H,21,25). The summed E-state index contributed by atoms with van der Waals surface area (Å²) in [5, 5.41) is 17.9. The summed E-state index contributed by atoms with van der Waals surface area (Å²) in [6.45, 7) is 4.43. The largest absolute Gasteiger partial charge is 0.494 e. The Hall–Kier alpha value is -3.16. The molecule has 0 bridgehead atoms. The van der Waals surface area contributed by atoms with Gasteiger partial charge >= 0.3 is 0 Å². The maximum absolute atomic E-state index is 12.9. The Morgan fingerprint density at radius 3 is 2.81 bits per heavy atom. The second-order valence-electron chi connectivity index (χ2n) is 7.30. The fourth-order valence-electron chi connectivity index (χ4n) is 3.04. The van der Waals surface area contributed by atoms with Crippen molar-refractivity contribution in [2.45, 2.75) is 39.3 Å². The van der Waals surface area contributed by atoms with Crippen LogP contribution in [0.2, 0.25) is 0 Å². The maximum Gasteiger partial charge on any atom is 0.291 e. The minimum Gasteiger partial charge on any atom is -0.494 e. The number of fused-ring (bicyclic) bond motifs is 1. The summed E-state index contributed by atoms with van der Waals surface area (Å²) in [7, 11) is 0. The van der Waals surface area contributed by atoms with Gasteiger partial charge in [-0.2, -0.15) is 9.61 Å². The second-order valence-corrected chi connectivity index (χ2v) is 7.30. The van der Waals surface area contributed by atoms with Crippen LogP contribution in [-0.4, -0.2) is 36.2 Å². The van der Waals surface area contributed by atoms with Crippen molar-refractivity contribution < 1.29 is 9.90 Å². The van der Waals surface area contributed by atoms with Gasteiger partial charge in [0.05, 0.1) is 5.69 Å². The quantitative estimate of drug-likeness (QED) is 0.716. The van der Waals surface area contributed by atoms with Crippen LogP contribution < -0.4 is 10.9 Å². The van der Waals surface area contributed by atoms with E-state index in [2.05, 4.69) is 15.4 Å². The van der Waals surface area contributed by atoms with Gasteiger partial charge in [-0.25, -0.2) is 0 Å². The average Bonchev–Trinajstić information content (AvgIpc) is 3.33. The summed E-state index contributed by atoms with van der Waals surface area (Å²) in [6.07, 6.45) is 5.09. The van der Waals surface area contributed by atoms with Crippen LogP contribution in [0.4, 0.5) is 0 Å². The van der Waals surface area contributed by atoms with Crippen LogP contribution in [0.3, 0.4) is 0 Å². The molecule has 0 atom stereocenters. The minimum absolute atomic E-state index is 0.0779. The number of rotatable bonds is 5. The maximum atomic E-state index is 12.9. The SMILES string of the molecule is CC(C)Cn1c(O)c(C(=O)NC2CC2)c(=O)n2nc(-c3cccnc3)cc12. The zero-order valence-corrected chi connectivity index (χ0v) is 15.2. The topological polar surface area (TPSA) is 102 Å². The van der Waals surface area contributed by atoms with Crippen molar-refractivity contribution in [1.82, 2.24) is 24.5 Å². The number of pyridine rings is 1. The first kappa shape index (κ1) is 17.3. The third-order valence-corrected chi connectivity index (χ3v) is 4.50. The monoisotopic (exact) mass is 367 g/mol. The first-order valence-corrected chi connectivity index (χ1v) is 9.02. The van der Waals surface area contributed by atoms with Crippen molar-refractivity contribution in [2.24, 2.45) is 5.92 Å². The van der Waals surface area contributed by atoms with Crippen LogP contribution in [0, 0.1) is 5.92 Å². The molecule has 3 aromatic rings. The number of aromatic hydroxyl groups is 1. The van der Waals surface area contributed by atoms with E-state index in [0.29, 0.717) is 17.9 Å². The van der Waals surface area contributed by atoms with E-state index in [4.69, 9.17) is 0 Å². The Morgan fingerprint density at radius 2 is 2.19 bits per heavy atom. The van der Waals surface area contributed by atoms with Crippen LogP contribution in [0.25, 0.3) is 16.9 Å². The van der Waals surface area contributed by atoms with Crippen LogP contribution in [0.5, 0.6) is 5.88 Å². The highest BCUT2D eigenvalue weighted by atomic mass is 16.3. The smallest absolute Gasteiger partial charge is 0.291 e. The van der Waals surface area contributed by atoms with E-state index in [9.17, 15) is 14.7 Å². The van der Waals surface area contributed by atoms with Crippen molar-refractivity contribution in [3.8, 4) is 17.1 Å². The van der Waals surface area contributed by atoms with Gasteiger partial charge in [-0.05, 0) is 30.9 Å². The molecule has 8 heteroatoms. The van der Waals surface area contributed by atoms with Crippen LogP contribution in [0.1, 0.15) is 37.0 Å². The van der Waals surface area contributed by atoms with Gasteiger partial charge in [-0.15, -0.1) is 0 Å². The molecule has 0 radical (unpaired) electrons. The predicted molar refractivity (Wildman–Crippen MR) is 99.7 cm³/mol. The molecule has 140 valence electrons. The zero-order chi connectivity index (χ0) is 19.1. The highest BCUT2D eigenvalue weighted by Gasteiger charge is 2.29. The van der Waals surface area contributed by atoms with Gasteiger partial charge in [0, 0.05) is 36.6 Å². The molecule has 1 aliphatic rings. The van der Waals surface area contributed by atoms with E-state index in [1.807, 2.05) is 19.9 Å². The predicted octanol–water partition coefficient (Wildman–Crippen LogP) is 1.81. The lowest BCUT2D eigenvalue weighted by Gasteiger charge is -2.16. The number of amides is 1. The van der Waals surface area contributed by atoms with Gasteiger partial charge in [0.15, 0.2) is 5.56 Å². The van der Waals surface area contributed by atoms with Gasteiger partial charge in [0.25, 0.3) is 11.5 Å². The summed E-state index contributed by atoms with van der Waals surface area (Å²) in [5.74, 6) is -0.687. The molecule has 1 aliphatic carbocycles. The lowest BCUT2D eigenvalue weighted by molar-refractivity contribution is 0.0944. The molecule has 8 nitrogen and oxygen atoms in total. The summed E-state index contributed by atoms with van der Waals surface area (Å²) >= 11 is 0. The zero-order valence-electron chi connectivity index (χ0n) is 15.2. The van der Waals surface area contributed by atoms with Gasteiger partial charge in [0.1, 0.15) is 5.65 Å². The van der Waals surface area contributed by atoms with Gasteiger partial charge < -0.3 is 10.4 Å². The Kier molecular flexibility index (Phi) is 4.18. The normalized spacial score (nSPS) is 14.0. The molecule has 1 amide bonds. The van der Waals surface area contributed by atoms with E-state index >= 15 is 0 Å². The van der Waals surface area contributed by atoms with Crippen molar-refractivity contribution in [1.29, 1.82) is 0 Å². The third kappa shape index (κ3) is 3.18. The van der Waals surface area contributed by atoms with E-state index in [-0.39, 0.29) is 23.4 Å². The summed E-state index contributed by atoms with van der Waals surface area (Å²) in [4.78, 5) is 29.6. The molecule has 3 heterocycles. The minimum atomic E-state index is -0.629. The third-order valence-electron chi connectivity index (χ3n) is 4.50. The van der Waals surface area contributed by atoms with Gasteiger partial charge in [0.2, 0.25) is 5.88 Å². The number of carbonyl (C=O) groups is 1. The summed E-state index contributed by atoms with van der Waals surface area (Å²) < 4.78 is 2.76. The van der Waals surface area contributed by atoms with E-state index in [1.54, 1.807) is 29.1 Å².